The molecule has 2 aliphatic carbocycles. The monoisotopic (exact) mass is 695 g/mol. The summed E-state index contributed by atoms with van der Waals surface area (Å²) in [5.74, 6) is 0.715. The van der Waals surface area contributed by atoms with Crippen molar-refractivity contribution >= 4 is 38.6 Å². The molecule has 10 rings (SSSR count). The van der Waals surface area contributed by atoms with Gasteiger partial charge in [0.25, 0.3) is 0 Å². The van der Waals surface area contributed by atoms with Crippen LogP contribution in [-0.2, 0) is 5.41 Å². The molecule has 1 heteroatoms. The number of hydrogen-bond acceptors (Lipinski definition) is 1. The van der Waals surface area contributed by atoms with Crippen molar-refractivity contribution in [3.63, 3.8) is 0 Å². The Hall–Kier alpha value is -5.92. The average molecular weight is 696 g/mol. The van der Waals surface area contributed by atoms with Crippen LogP contribution in [0, 0.1) is 0 Å². The van der Waals surface area contributed by atoms with Gasteiger partial charge in [-0.3, -0.25) is 0 Å². The van der Waals surface area contributed by atoms with Gasteiger partial charge in [-0.2, -0.15) is 0 Å². The molecule has 0 heterocycles. The second-order valence-corrected chi connectivity index (χ2v) is 16.0. The van der Waals surface area contributed by atoms with Crippen molar-refractivity contribution in [1.29, 1.82) is 0 Å². The lowest BCUT2D eigenvalue weighted by molar-refractivity contribution is 0.443. The highest BCUT2D eigenvalue weighted by Crippen LogP contribution is 2.52. The summed E-state index contributed by atoms with van der Waals surface area (Å²) < 4.78 is 0. The minimum atomic E-state index is -0.0529. The van der Waals surface area contributed by atoms with E-state index in [0.717, 1.165) is 11.4 Å². The molecule has 0 aliphatic heterocycles. The van der Waals surface area contributed by atoms with Crippen LogP contribution in [0.2, 0.25) is 0 Å². The fourth-order valence-corrected chi connectivity index (χ4v) is 9.56. The van der Waals surface area contributed by atoms with Crippen molar-refractivity contribution in [3.05, 3.63) is 187 Å². The van der Waals surface area contributed by atoms with Crippen LogP contribution in [0.25, 0.3) is 54.9 Å². The standard InChI is InChI=1S/C53H45N/c1-53(2)49-19-11-10-18-47(49)48-35-45(31-32-50(48)53)54(44-29-26-40(27-30-44)39-22-20-38(21-23-39)36-12-4-3-5-13-36)51-33-28-41-15-8-9-17-46(41)52(51)43-25-24-37-14-6-7-16-42(37)34-43/h6-11,14-36H,3-5,12-13H2,1-2H3. The highest BCUT2D eigenvalue weighted by atomic mass is 15.1. The molecule has 1 saturated carbocycles. The van der Waals surface area contributed by atoms with Crippen molar-refractivity contribution in [3.8, 4) is 33.4 Å². The number of nitrogens with zero attached hydrogens (tertiary/aromatic N) is 1. The lowest BCUT2D eigenvalue weighted by Gasteiger charge is -2.30. The minimum absolute atomic E-state index is 0.0529. The summed E-state index contributed by atoms with van der Waals surface area (Å²) in [6.07, 6.45) is 6.76. The largest absolute Gasteiger partial charge is 0.310 e. The van der Waals surface area contributed by atoms with Gasteiger partial charge in [-0.25, -0.2) is 0 Å². The summed E-state index contributed by atoms with van der Waals surface area (Å²) in [5.41, 5.74) is 15.3. The van der Waals surface area contributed by atoms with Gasteiger partial charge in [0.2, 0.25) is 0 Å². The van der Waals surface area contributed by atoms with E-state index in [4.69, 9.17) is 0 Å². The zero-order valence-electron chi connectivity index (χ0n) is 31.2. The van der Waals surface area contributed by atoms with E-state index in [2.05, 4.69) is 189 Å². The van der Waals surface area contributed by atoms with E-state index in [1.165, 1.54) is 109 Å². The summed E-state index contributed by atoms with van der Waals surface area (Å²) in [7, 11) is 0. The lowest BCUT2D eigenvalue weighted by Crippen LogP contribution is -2.15. The molecule has 8 aromatic carbocycles. The Bertz CT molecular complexity index is 2660. The highest BCUT2D eigenvalue weighted by molar-refractivity contribution is 6.07. The molecule has 0 N–H and O–H groups in total. The van der Waals surface area contributed by atoms with E-state index in [0.29, 0.717) is 5.92 Å². The predicted octanol–water partition coefficient (Wildman–Crippen LogP) is 15.2. The molecule has 0 unspecified atom stereocenters. The molecule has 0 amide bonds. The Morgan fingerprint density at radius 2 is 1.07 bits per heavy atom. The SMILES string of the molecule is CC1(C)c2ccccc2-c2cc(N(c3ccc(-c4ccc(C5CCCCC5)cc4)cc3)c3ccc4ccccc4c3-c3ccc4ccccc4c3)ccc21. The van der Waals surface area contributed by atoms with Gasteiger partial charge >= 0.3 is 0 Å². The quantitative estimate of drug-likeness (QED) is 0.167. The Kier molecular flexibility index (Phi) is 7.99. The van der Waals surface area contributed by atoms with E-state index < -0.39 is 0 Å². The number of rotatable bonds is 6. The van der Waals surface area contributed by atoms with Gasteiger partial charge in [-0.05, 0) is 121 Å². The Labute approximate surface area is 319 Å². The average Bonchev–Trinajstić information content (AvgIpc) is 3.46. The number of benzene rings is 8. The zero-order valence-corrected chi connectivity index (χ0v) is 31.2. The van der Waals surface area contributed by atoms with Gasteiger partial charge in [0.15, 0.2) is 0 Å². The van der Waals surface area contributed by atoms with Gasteiger partial charge in [-0.1, -0.05) is 167 Å². The van der Waals surface area contributed by atoms with Crippen LogP contribution in [0.15, 0.2) is 170 Å². The lowest BCUT2D eigenvalue weighted by atomic mass is 9.82. The van der Waals surface area contributed by atoms with Crippen molar-refractivity contribution in [2.45, 2.75) is 57.3 Å². The third kappa shape index (κ3) is 5.53. The second kappa shape index (κ2) is 13.2. The molecule has 2 aliphatic rings. The van der Waals surface area contributed by atoms with Crippen LogP contribution in [-0.4, -0.2) is 0 Å². The second-order valence-electron chi connectivity index (χ2n) is 16.0. The first-order valence-electron chi connectivity index (χ1n) is 19.8. The maximum absolute atomic E-state index is 2.49. The predicted molar refractivity (Wildman–Crippen MR) is 230 cm³/mol. The van der Waals surface area contributed by atoms with E-state index in [1.807, 2.05) is 0 Å². The first-order valence-corrected chi connectivity index (χ1v) is 19.8. The summed E-state index contributed by atoms with van der Waals surface area (Å²) >= 11 is 0. The molecular weight excluding hydrogens is 651 g/mol. The van der Waals surface area contributed by atoms with Crippen LogP contribution < -0.4 is 4.90 Å². The van der Waals surface area contributed by atoms with Crippen molar-refractivity contribution in [2.75, 3.05) is 4.90 Å². The van der Waals surface area contributed by atoms with Crippen molar-refractivity contribution < 1.29 is 0 Å². The van der Waals surface area contributed by atoms with Crippen molar-refractivity contribution in [1.82, 2.24) is 0 Å². The van der Waals surface area contributed by atoms with Crippen LogP contribution in [0.3, 0.4) is 0 Å². The molecule has 0 saturated heterocycles. The summed E-state index contributed by atoms with van der Waals surface area (Å²) in [6.45, 7) is 4.72. The molecule has 0 aromatic heterocycles. The topological polar surface area (TPSA) is 3.24 Å². The Morgan fingerprint density at radius 1 is 0.463 bits per heavy atom. The maximum atomic E-state index is 2.49. The van der Waals surface area contributed by atoms with Gasteiger partial charge in [0.05, 0.1) is 5.69 Å². The fraction of sp³-hybridized carbons (Fsp3) is 0.170. The molecule has 262 valence electrons. The summed E-state index contributed by atoms with van der Waals surface area (Å²) in [4.78, 5) is 2.49. The molecule has 0 atom stereocenters. The normalized spacial score (nSPS) is 14.9. The Morgan fingerprint density at radius 3 is 1.87 bits per heavy atom. The van der Waals surface area contributed by atoms with Crippen molar-refractivity contribution in [2.24, 2.45) is 0 Å². The molecular formula is C53H45N. The van der Waals surface area contributed by atoms with E-state index >= 15 is 0 Å². The number of fused-ring (bicyclic) bond motifs is 5. The van der Waals surface area contributed by atoms with Crippen LogP contribution >= 0.6 is 0 Å². The Balaban J connectivity index is 1.15. The molecule has 0 bridgehead atoms. The van der Waals surface area contributed by atoms with Gasteiger partial charge in [0.1, 0.15) is 0 Å². The first kappa shape index (κ1) is 32.7. The van der Waals surface area contributed by atoms with Gasteiger partial charge < -0.3 is 4.90 Å². The number of hydrogen-bond donors (Lipinski definition) is 0. The van der Waals surface area contributed by atoms with E-state index in [9.17, 15) is 0 Å². The summed E-state index contributed by atoms with van der Waals surface area (Å²) in [5, 5.41) is 4.98. The maximum Gasteiger partial charge on any atom is 0.0546 e. The van der Waals surface area contributed by atoms with Crippen LogP contribution in [0.5, 0.6) is 0 Å². The molecule has 8 aromatic rings. The van der Waals surface area contributed by atoms with E-state index in [-0.39, 0.29) is 5.41 Å². The smallest absolute Gasteiger partial charge is 0.0546 e. The number of anilines is 3. The highest BCUT2D eigenvalue weighted by Gasteiger charge is 2.35. The molecule has 54 heavy (non-hydrogen) atoms. The molecule has 1 nitrogen and oxygen atoms in total. The minimum Gasteiger partial charge on any atom is -0.310 e. The third-order valence-electron chi connectivity index (χ3n) is 12.5. The van der Waals surface area contributed by atoms with Crippen LogP contribution in [0.4, 0.5) is 17.1 Å². The molecule has 0 radical (unpaired) electrons. The zero-order chi connectivity index (χ0) is 36.2. The third-order valence-corrected chi connectivity index (χ3v) is 12.5. The van der Waals surface area contributed by atoms with Gasteiger partial charge in [0, 0.05) is 22.4 Å². The van der Waals surface area contributed by atoms with Gasteiger partial charge in [-0.15, -0.1) is 0 Å². The van der Waals surface area contributed by atoms with Crippen LogP contribution in [0.1, 0.15) is 68.6 Å². The first-order chi connectivity index (χ1) is 26.5. The van der Waals surface area contributed by atoms with E-state index in [1.54, 1.807) is 0 Å². The summed E-state index contributed by atoms with van der Waals surface area (Å²) in [6, 6.07) is 63.8. The fourth-order valence-electron chi connectivity index (χ4n) is 9.56. The molecule has 1 fully saturated rings. The molecule has 0 spiro atoms.